The Balaban J connectivity index is 0.000000500. The first kappa shape index (κ1) is 38.0. The number of nitrogens with two attached hydrogens (primary N) is 1. The van der Waals surface area contributed by atoms with Crippen LogP contribution in [0, 0.1) is 12.8 Å². The zero-order valence-electron chi connectivity index (χ0n) is 28.2. The summed E-state index contributed by atoms with van der Waals surface area (Å²) < 4.78 is 53.3. The minimum Gasteiger partial charge on any atom is -0.366 e. The van der Waals surface area contributed by atoms with E-state index >= 15 is 4.39 Å². The van der Waals surface area contributed by atoms with Crippen molar-refractivity contribution in [1.82, 2.24) is 0 Å². The van der Waals surface area contributed by atoms with Gasteiger partial charge in [-0.15, -0.1) is 0 Å². The number of carbonyl (C=O) groups is 1. The van der Waals surface area contributed by atoms with Gasteiger partial charge in [-0.1, -0.05) is 94.8 Å². The number of alkyl halides is 3. The van der Waals surface area contributed by atoms with Crippen molar-refractivity contribution in [1.29, 1.82) is 0 Å². The molecule has 248 valence electrons. The molecule has 6 heteroatoms. The molecule has 0 aromatic heterocycles. The molecule has 0 saturated carbocycles. The van der Waals surface area contributed by atoms with Gasteiger partial charge in [0.05, 0.1) is 6.67 Å². The van der Waals surface area contributed by atoms with Crippen LogP contribution in [0.5, 0.6) is 0 Å². The predicted molar refractivity (Wildman–Crippen MR) is 181 cm³/mol. The van der Waals surface area contributed by atoms with Crippen LogP contribution >= 0.6 is 0 Å². The minimum atomic E-state index is -2.85. The second-order valence-corrected chi connectivity index (χ2v) is 12.5. The van der Waals surface area contributed by atoms with Crippen molar-refractivity contribution in [3.63, 3.8) is 0 Å². The normalized spacial score (nSPS) is 15.6. The quantitative estimate of drug-likeness (QED) is 0.262. The standard InChI is InChI=1S/C28H28F3NO.C7H16.C4H9F/c1-17-6-9-19(10-7-17)26-22-13-11-21(27(32)33)15-20(22)4-3-5-24(26)23-12-8-18(14-25(23)29)16-28(2,30)31;1-4-6-7(3)5-2;1-2-3-4-5/h6-7,9-11,13-15H,3-5,8,12,16H2,1-2H3,(H2,32,33);7H,4-6H2,1-3H3;2-4H2,1H3. The predicted octanol–water partition coefficient (Wildman–Crippen LogP) is 11.8. The van der Waals surface area contributed by atoms with Gasteiger partial charge in [0.1, 0.15) is 5.83 Å². The molecule has 1 unspecified atom stereocenters. The molecule has 0 heterocycles. The Labute approximate surface area is 268 Å². The van der Waals surface area contributed by atoms with Crippen LogP contribution in [0.2, 0.25) is 0 Å². The van der Waals surface area contributed by atoms with Gasteiger partial charge in [-0.05, 0) is 110 Å². The number of hydrogen-bond donors (Lipinski definition) is 1. The molecule has 0 spiro atoms. The summed E-state index contributed by atoms with van der Waals surface area (Å²) in [4.78, 5) is 11.7. The Hall–Kier alpha value is -3.15. The summed E-state index contributed by atoms with van der Waals surface area (Å²) in [6.07, 6.45) is 9.68. The summed E-state index contributed by atoms with van der Waals surface area (Å²) in [5.41, 5.74) is 12.9. The maximum Gasteiger partial charge on any atom is 0.249 e. The van der Waals surface area contributed by atoms with Gasteiger partial charge in [0, 0.05) is 12.0 Å². The first-order valence-corrected chi connectivity index (χ1v) is 16.6. The van der Waals surface area contributed by atoms with Gasteiger partial charge in [-0.3, -0.25) is 9.18 Å². The molecule has 1 amide bonds. The lowest BCUT2D eigenvalue weighted by atomic mass is 9.83. The maximum atomic E-state index is 15.4. The van der Waals surface area contributed by atoms with E-state index in [0.29, 0.717) is 36.0 Å². The summed E-state index contributed by atoms with van der Waals surface area (Å²) in [6, 6.07) is 13.6. The summed E-state index contributed by atoms with van der Waals surface area (Å²) in [6.45, 7) is 11.5. The van der Waals surface area contributed by atoms with E-state index in [1.54, 1.807) is 6.07 Å². The molecule has 0 fully saturated rings. The number of carbonyl (C=O) groups excluding carboxylic acids is 1. The highest BCUT2D eigenvalue weighted by molar-refractivity contribution is 5.94. The molecule has 0 bridgehead atoms. The Morgan fingerprint density at radius 1 is 0.956 bits per heavy atom. The van der Waals surface area contributed by atoms with Crippen LogP contribution < -0.4 is 5.73 Å². The van der Waals surface area contributed by atoms with E-state index in [1.165, 1.54) is 25.3 Å². The number of benzene rings is 2. The lowest BCUT2D eigenvalue weighted by Crippen LogP contribution is -2.13. The molecule has 2 aliphatic carbocycles. The van der Waals surface area contributed by atoms with Crippen LogP contribution in [0.15, 0.2) is 71.1 Å². The molecule has 2 aromatic carbocycles. The van der Waals surface area contributed by atoms with Crippen molar-refractivity contribution >= 4 is 11.5 Å². The van der Waals surface area contributed by atoms with Gasteiger partial charge in [0.15, 0.2) is 0 Å². The molecule has 0 radical (unpaired) electrons. The summed E-state index contributed by atoms with van der Waals surface area (Å²) in [7, 11) is 0. The molecular weight excluding hydrogens is 574 g/mol. The lowest BCUT2D eigenvalue weighted by Gasteiger charge is -2.23. The van der Waals surface area contributed by atoms with E-state index in [2.05, 4.69) is 20.8 Å². The van der Waals surface area contributed by atoms with Crippen LogP contribution in [0.1, 0.15) is 131 Å². The monoisotopic (exact) mass is 627 g/mol. The van der Waals surface area contributed by atoms with Crippen LogP contribution in [0.25, 0.3) is 5.57 Å². The average Bonchev–Trinajstić information content (AvgIpc) is 3.17. The fraction of sp³-hybridized carbons (Fsp3) is 0.513. The Morgan fingerprint density at radius 2 is 1.64 bits per heavy atom. The van der Waals surface area contributed by atoms with E-state index in [9.17, 15) is 18.0 Å². The lowest BCUT2D eigenvalue weighted by molar-refractivity contribution is 0.0218. The third kappa shape index (κ3) is 12.3. The fourth-order valence-electron chi connectivity index (χ4n) is 5.70. The van der Waals surface area contributed by atoms with Gasteiger partial charge in [-0.25, -0.2) is 13.2 Å². The van der Waals surface area contributed by atoms with Crippen molar-refractivity contribution in [2.24, 2.45) is 11.7 Å². The van der Waals surface area contributed by atoms with E-state index in [1.807, 2.05) is 50.2 Å². The zero-order chi connectivity index (χ0) is 33.6. The number of halogens is 4. The van der Waals surface area contributed by atoms with Gasteiger partial charge in [0.2, 0.25) is 11.8 Å². The Kier molecular flexibility index (Phi) is 15.8. The number of primary amides is 1. The van der Waals surface area contributed by atoms with Gasteiger partial charge in [0.25, 0.3) is 0 Å². The Bertz CT molecular complexity index is 1330. The summed E-state index contributed by atoms with van der Waals surface area (Å²) in [5.74, 6) is -2.80. The highest BCUT2D eigenvalue weighted by Gasteiger charge is 2.28. The number of amides is 1. The molecule has 45 heavy (non-hydrogen) atoms. The highest BCUT2D eigenvalue weighted by atomic mass is 19.3. The first-order chi connectivity index (χ1) is 21.3. The number of fused-ring (bicyclic) bond motifs is 1. The van der Waals surface area contributed by atoms with E-state index in [0.717, 1.165) is 71.9 Å². The molecule has 4 rings (SSSR count). The topological polar surface area (TPSA) is 43.1 Å². The molecule has 2 aliphatic rings. The SMILES string of the molecule is CCCC(C)CC.CCCCF.Cc1ccc(C2=C(C3=C(F)C=C(CC(C)(F)F)CC3)CCCc3cc(C(N)=O)ccc32)cc1. The average molecular weight is 628 g/mol. The van der Waals surface area contributed by atoms with Crippen LogP contribution in [-0.2, 0) is 6.42 Å². The van der Waals surface area contributed by atoms with Crippen molar-refractivity contribution in [3.8, 4) is 0 Å². The zero-order valence-corrected chi connectivity index (χ0v) is 28.2. The van der Waals surface area contributed by atoms with E-state index < -0.39 is 24.1 Å². The van der Waals surface area contributed by atoms with Crippen LogP contribution in [0.3, 0.4) is 0 Å². The smallest absolute Gasteiger partial charge is 0.249 e. The molecule has 2 N–H and O–H groups in total. The van der Waals surface area contributed by atoms with Crippen molar-refractivity contribution in [3.05, 3.63) is 98.9 Å². The van der Waals surface area contributed by atoms with Crippen LogP contribution in [0.4, 0.5) is 17.6 Å². The fourth-order valence-corrected chi connectivity index (χ4v) is 5.70. The molecule has 0 aliphatic heterocycles. The molecule has 0 saturated heterocycles. The second-order valence-electron chi connectivity index (χ2n) is 12.5. The van der Waals surface area contributed by atoms with E-state index in [-0.39, 0.29) is 6.67 Å². The summed E-state index contributed by atoms with van der Waals surface area (Å²) >= 11 is 0. The van der Waals surface area contributed by atoms with Gasteiger partial charge in [-0.2, -0.15) is 0 Å². The van der Waals surface area contributed by atoms with E-state index in [4.69, 9.17) is 5.73 Å². The van der Waals surface area contributed by atoms with Crippen molar-refractivity contribution < 1.29 is 22.4 Å². The van der Waals surface area contributed by atoms with Gasteiger partial charge >= 0.3 is 0 Å². The first-order valence-electron chi connectivity index (χ1n) is 16.6. The van der Waals surface area contributed by atoms with Crippen molar-refractivity contribution in [2.45, 2.75) is 118 Å². The molecule has 1 atom stereocenters. The molecule has 2 nitrogen and oxygen atoms in total. The Morgan fingerprint density at radius 3 is 2.13 bits per heavy atom. The molecular formula is C39H53F4NO. The van der Waals surface area contributed by atoms with Crippen LogP contribution in [-0.4, -0.2) is 18.5 Å². The highest BCUT2D eigenvalue weighted by Crippen LogP contribution is 2.43. The molecule has 2 aromatic rings. The number of unbranched alkanes of at least 4 members (excludes halogenated alkanes) is 1. The second kappa shape index (κ2) is 18.7. The number of hydrogen-bond acceptors (Lipinski definition) is 1. The number of rotatable bonds is 10. The number of allylic oxidation sites excluding steroid dienone is 5. The maximum absolute atomic E-state index is 15.4. The third-order valence-electron chi connectivity index (χ3n) is 8.36. The number of aryl methyl sites for hydroxylation is 2. The third-order valence-corrected chi connectivity index (χ3v) is 8.36. The minimum absolute atomic E-state index is 0.156. The van der Waals surface area contributed by atoms with Gasteiger partial charge < -0.3 is 5.73 Å². The summed E-state index contributed by atoms with van der Waals surface area (Å²) in [5, 5.41) is 0. The van der Waals surface area contributed by atoms with Crippen molar-refractivity contribution in [2.75, 3.05) is 6.67 Å². The largest absolute Gasteiger partial charge is 0.366 e.